The average Bonchev–Trinajstić information content (AvgIpc) is 3.27. The van der Waals surface area contributed by atoms with Crippen LogP contribution < -0.4 is 0 Å². The van der Waals surface area contributed by atoms with Crippen molar-refractivity contribution in [3.05, 3.63) is 60.8 Å². The lowest BCUT2D eigenvalue weighted by molar-refractivity contribution is -0.166. The van der Waals surface area contributed by atoms with E-state index in [0.717, 1.165) is 83.5 Å². The van der Waals surface area contributed by atoms with Gasteiger partial charge < -0.3 is 14.2 Å². The van der Waals surface area contributed by atoms with Gasteiger partial charge >= 0.3 is 17.9 Å². The lowest BCUT2D eigenvalue weighted by Gasteiger charge is -2.18. The maximum absolute atomic E-state index is 12.7. The van der Waals surface area contributed by atoms with Crippen LogP contribution >= 0.6 is 0 Å². The lowest BCUT2D eigenvalue weighted by Crippen LogP contribution is -2.30. The monoisotopic (exact) mass is 867 g/mol. The minimum atomic E-state index is -0.812. The Morgan fingerprint density at radius 2 is 0.694 bits per heavy atom. The Kier molecular flexibility index (Phi) is 48.4. The van der Waals surface area contributed by atoms with Gasteiger partial charge in [-0.3, -0.25) is 14.4 Å². The van der Waals surface area contributed by atoms with Crippen molar-refractivity contribution in [1.82, 2.24) is 0 Å². The number of rotatable bonds is 47. The maximum Gasteiger partial charge on any atom is 0.306 e. The van der Waals surface area contributed by atoms with Crippen molar-refractivity contribution in [2.45, 2.75) is 264 Å². The number of ether oxygens (including phenoxy) is 3. The van der Waals surface area contributed by atoms with E-state index in [4.69, 9.17) is 14.2 Å². The number of hydrogen-bond acceptors (Lipinski definition) is 6. The molecule has 0 saturated carbocycles. The van der Waals surface area contributed by atoms with Crippen LogP contribution in [0.3, 0.4) is 0 Å². The van der Waals surface area contributed by atoms with Crippen molar-refractivity contribution in [2.24, 2.45) is 0 Å². The molecule has 6 heteroatoms. The van der Waals surface area contributed by atoms with Gasteiger partial charge in [-0.05, 0) is 64.2 Å². The molecule has 0 fully saturated rings. The maximum atomic E-state index is 12.7. The summed E-state index contributed by atoms with van der Waals surface area (Å²) in [5, 5.41) is 0. The molecule has 0 amide bonds. The van der Waals surface area contributed by atoms with Gasteiger partial charge in [-0.2, -0.15) is 0 Å². The third-order valence-corrected chi connectivity index (χ3v) is 11.3. The van der Waals surface area contributed by atoms with Crippen molar-refractivity contribution in [3.63, 3.8) is 0 Å². The highest BCUT2D eigenvalue weighted by Gasteiger charge is 2.19. The summed E-state index contributed by atoms with van der Waals surface area (Å²) in [6.07, 6.45) is 62.4. The third-order valence-electron chi connectivity index (χ3n) is 11.3. The topological polar surface area (TPSA) is 78.9 Å². The van der Waals surface area contributed by atoms with Crippen molar-refractivity contribution in [2.75, 3.05) is 13.2 Å². The molecule has 1 unspecified atom stereocenters. The summed E-state index contributed by atoms with van der Waals surface area (Å²) >= 11 is 0. The molecule has 0 heterocycles. The van der Waals surface area contributed by atoms with Gasteiger partial charge in [-0.25, -0.2) is 0 Å². The molecule has 62 heavy (non-hydrogen) atoms. The molecule has 0 radical (unpaired) electrons. The fourth-order valence-corrected chi connectivity index (χ4v) is 7.34. The first-order valence-electron chi connectivity index (χ1n) is 26.3. The standard InChI is InChI=1S/C56H98O6/c1-4-7-10-13-16-19-22-24-25-26-27-28-29-30-31-33-34-37-40-43-46-49-55(58)61-52-53(51-60-54(57)48-45-42-39-36-21-18-15-12-9-6-3)62-56(59)50-47-44-41-38-35-32-23-20-17-14-11-8-5-2/h8,11-12,15,17,20,32,35,41,44,53H,4-7,9-10,13-14,16,18-19,21-31,33-34,36-40,42-43,45-52H2,1-3H3/b11-8-,15-12-,20-17-,35-32-,44-41-. The number of allylic oxidation sites excluding steroid dienone is 10. The summed E-state index contributed by atoms with van der Waals surface area (Å²) in [7, 11) is 0. The van der Waals surface area contributed by atoms with E-state index in [1.165, 1.54) is 128 Å². The van der Waals surface area contributed by atoms with Crippen LogP contribution in [0.5, 0.6) is 0 Å². The predicted octanol–water partition coefficient (Wildman–Crippen LogP) is 17.3. The Labute approximate surface area is 383 Å². The summed E-state index contributed by atoms with van der Waals surface area (Å²) in [4.78, 5) is 37.8. The Bertz CT molecular complexity index is 1130. The summed E-state index contributed by atoms with van der Waals surface area (Å²) in [5.41, 5.74) is 0. The van der Waals surface area contributed by atoms with Gasteiger partial charge in [0.15, 0.2) is 6.10 Å². The highest BCUT2D eigenvalue weighted by Crippen LogP contribution is 2.16. The van der Waals surface area contributed by atoms with Crippen LogP contribution in [-0.2, 0) is 28.6 Å². The molecule has 0 bridgehead atoms. The Morgan fingerprint density at radius 1 is 0.339 bits per heavy atom. The summed E-state index contributed by atoms with van der Waals surface area (Å²) in [6, 6.07) is 0. The first-order valence-corrected chi connectivity index (χ1v) is 26.3. The summed E-state index contributed by atoms with van der Waals surface area (Å²) in [6.45, 7) is 6.41. The molecule has 0 saturated heterocycles. The molecular weight excluding hydrogens is 769 g/mol. The molecule has 0 rings (SSSR count). The van der Waals surface area contributed by atoms with Gasteiger partial charge in [0.05, 0.1) is 0 Å². The van der Waals surface area contributed by atoms with Crippen LogP contribution in [0.2, 0.25) is 0 Å². The lowest BCUT2D eigenvalue weighted by atomic mass is 10.0. The second kappa shape index (κ2) is 50.8. The van der Waals surface area contributed by atoms with Crippen LogP contribution in [0, 0.1) is 0 Å². The van der Waals surface area contributed by atoms with E-state index in [2.05, 4.69) is 69.4 Å². The van der Waals surface area contributed by atoms with Crippen LogP contribution in [0.25, 0.3) is 0 Å². The van der Waals surface area contributed by atoms with E-state index in [9.17, 15) is 14.4 Å². The van der Waals surface area contributed by atoms with Crippen molar-refractivity contribution < 1.29 is 28.6 Å². The van der Waals surface area contributed by atoms with Gasteiger partial charge in [0, 0.05) is 19.3 Å². The number of unbranched alkanes of at least 4 members (excludes halogenated alkanes) is 26. The fraction of sp³-hybridized carbons (Fsp3) is 0.768. The highest BCUT2D eigenvalue weighted by atomic mass is 16.6. The fourth-order valence-electron chi connectivity index (χ4n) is 7.34. The zero-order valence-electron chi connectivity index (χ0n) is 40.9. The highest BCUT2D eigenvalue weighted by molar-refractivity contribution is 5.71. The molecule has 0 aromatic rings. The largest absolute Gasteiger partial charge is 0.462 e. The van der Waals surface area contributed by atoms with E-state index in [0.29, 0.717) is 19.3 Å². The second-order valence-corrected chi connectivity index (χ2v) is 17.4. The van der Waals surface area contributed by atoms with E-state index in [1.807, 2.05) is 12.2 Å². The molecule has 0 N–H and O–H groups in total. The first kappa shape index (κ1) is 59.1. The predicted molar refractivity (Wildman–Crippen MR) is 265 cm³/mol. The van der Waals surface area contributed by atoms with E-state index < -0.39 is 12.1 Å². The molecule has 1 atom stereocenters. The van der Waals surface area contributed by atoms with Gasteiger partial charge in [0.1, 0.15) is 13.2 Å². The summed E-state index contributed by atoms with van der Waals surface area (Å²) in [5.74, 6) is -0.992. The first-order chi connectivity index (χ1) is 30.5. The number of hydrogen-bond donors (Lipinski definition) is 0. The molecule has 0 aromatic carbocycles. The minimum absolute atomic E-state index is 0.103. The third kappa shape index (κ3) is 48.1. The quantitative estimate of drug-likeness (QED) is 0.0262. The van der Waals surface area contributed by atoms with Crippen molar-refractivity contribution >= 4 is 17.9 Å². The number of carbonyl (C=O) groups is 3. The molecule has 0 aliphatic carbocycles. The van der Waals surface area contributed by atoms with E-state index >= 15 is 0 Å². The van der Waals surface area contributed by atoms with Crippen molar-refractivity contribution in [1.29, 1.82) is 0 Å². The van der Waals surface area contributed by atoms with E-state index in [1.54, 1.807) is 0 Å². The smallest absolute Gasteiger partial charge is 0.306 e. The Hall–Kier alpha value is -2.89. The zero-order chi connectivity index (χ0) is 45.1. The molecule has 358 valence electrons. The van der Waals surface area contributed by atoms with Gasteiger partial charge in [-0.1, -0.05) is 236 Å². The minimum Gasteiger partial charge on any atom is -0.462 e. The SMILES string of the molecule is CC/C=C\C/C=C\C/C=C\C/C=C\CCC(=O)OC(COC(=O)CCCCCCC/C=C\CCC)COC(=O)CCCCCCCCCCCCCCCCCCCCCCC. The molecule has 0 aliphatic rings. The molecule has 0 spiro atoms. The van der Waals surface area contributed by atoms with Gasteiger partial charge in [0.2, 0.25) is 0 Å². The van der Waals surface area contributed by atoms with Gasteiger partial charge in [0.25, 0.3) is 0 Å². The Balaban J connectivity index is 4.31. The van der Waals surface area contributed by atoms with E-state index in [-0.39, 0.29) is 31.6 Å². The Morgan fingerprint density at radius 3 is 1.11 bits per heavy atom. The summed E-state index contributed by atoms with van der Waals surface area (Å²) < 4.78 is 16.7. The number of esters is 3. The van der Waals surface area contributed by atoms with Gasteiger partial charge in [-0.15, -0.1) is 0 Å². The molecule has 0 aliphatic heterocycles. The zero-order valence-corrected chi connectivity index (χ0v) is 40.9. The molecular formula is C56H98O6. The van der Waals surface area contributed by atoms with Crippen LogP contribution in [0.4, 0.5) is 0 Å². The average molecular weight is 867 g/mol. The van der Waals surface area contributed by atoms with Crippen LogP contribution in [0.15, 0.2) is 60.8 Å². The number of carbonyl (C=O) groups excluding carboxylic acids is 3. The van der Waals surface area contributed by atoms with Crippen LogP contribution in [0.1, 0.15) is 258 Å². The molecule has 0 aromatic heterocycles. The van der Waals surface area contributed by atoms with Crippen molar-refractivity contribution in [3.8, 4) is 0 Å². The van der Waals surface area contributed by atoms with Crippen LogP contribution in [-0.4, -0.2) is 37.2 Å². The molecule has 6 nitrogen and oxygen atoms in total. The second-order valence-electron chi connectivity index (χ2n) is 17.4. The normalized spacial score (nSPS) is 12.5.